The zero-order valence-electron chi connectivity index (χ0n) is 13.6. The molecule has 0 spiro atoms. The maximum Gasteiger partial charge on any atom is 0.340 e. The number of ether oxygens (including phenoxy) is 1. The Morgan fingerprint density at radius 3 is 2.67 bits per heavy atom. The molecule has 124 valence electrons. The summed E-state index contributed by atoms with van der Waals surface area (Å²) in [7, 11) is 2.00. The third kappa shape index (κ3) is 3.37. The van der Waals surface area contributed by atoms with Crippen LogP contribution in [0.15, 0.2) is 57.9 Å². The monoisotopic (exact) mass is 403 g/mol. The van der Waals surface area contributed by atoms with E-state index in [0.717, 1.165) is 21.1 Å². The van der Waals surface area contributed by atoms with Crippen molar-refractivity contribution in [3.63, 3.8) is 0 Å². The average molecular weight is 404 g/mol. The Morgan fingerprint density at radius 1 is 1.21 bits per heavy atom. The van der Waals surface area contributed by atoms with Gasteiger partial charge in [0, 0.05) is 38.8 Å². The standard InChI is InChI=1S/C19H18BrNO2S/c1-3-23-19(22)18-15-11-13(20)9-10-16(15)21(2)17(18)12-24-14-7-5-4-6-8-14/h4-11H,3,12H2,1-2H3. The van der Waals surface area contributed by atoms with Crippen LogP contribution >= 0.6 is 27.7 Å². The SMILES string of the molecule is CCOC(=O)c1c(CSc2ccccc2)n(C)c2ccc(Br)cc12. The molecular weight excluding hydrogens is 386 g/mol. The zero-order valence-corrected chi connectivity index (χ0v) is 16.0. The molecule has 0 aliphatic heterocycles. The van der Waals surface area contributed by atoms with Crippen LogP contribution in [0.5, 0.6) is 0 Å². The number of carbonyl (C=O) groups excluding carboxylic acids is 1. The lowest BCUT2D eigenvalue weighted by atomic mass is 10.1. The minimum atomic E-state index is -0.259. The van der Waals surface area contributed by atoms with Gasteiger partial charge in [0.05, 0.1) is 12.2 Å². The first kappa shape index (κ1) is 17.1. The molecule has 0 atom stereocenters. The number of esters is 1. The van der Waals surface area contributed by atoms with Crippen molar-refractivity contribution in [1.82, 2.24) is 4.57 Å². The fourth-order valence-corrected chi connectivity index (χ4v) is 4.09. The van der Waals surface area contributed by atoms with Gasteiger partial charge in [-0.3, -0.25) is 0 Å². The van der Waals surface area contributed by atoms with Crippen LogP contribution in [0.3, 0.4) is 0 Å². The number of carbonyl (C=O) groups is 1. The van der Waals surface area contributed by atoms with Gasteiger partial charge >= 0.3 is 5.97 Å². The molecule has 3 rings (SSSR count). The van der Waals surface area contributed by atoms with E-state index in [0.29, 0.717) is 17.9 Å². The first-order valence-electron chi connectivity index (χ1n) is 7.73. The Bertz CT molecular complexity index is 874. The minimum Gasteiger partial charge on any atom is -0.462 e. The highest BCUT2D eigenvalue weighted by Crippen LogP contribution is 2.32. The van der Waals surface area contributed by atoms with Crippen LogP contribution in [0, 0.1) is 0 Å². The van der Waals surface area contributed by atoms with E-state index in [9.17, 15) is 4.79 Å². The van der Waals surface area contributed by atoms with Crippen molar-refractivity contribution in [3.05, 3.63) is 64.3 Å². The van der Waals surface area contributed by atoms with E-state index in [2.05, 4.69) is 32.6 Å². The summed E-state index contributed by atoms with van der Waals surface area (Å²) in [5.74, 6) is 0.450. The predicted octanol–water partition coefficient (Wildman–Crippen LogP) is 5.41. The smallest absolute Gasteiger partial charge is 0.340 e. The molecule has 24 heavy (non-hydrogen) atoms. The van der Waals surface area contributed by atoms with E-state index < -0.39 is 0 Å². The number of rotatable bonds is 5. The summed E-state index contributed by atoms with van der Waals surface area (Å²) in [4.78, 5) is 13.7. The second-order valence-electron chi connectivity index (χ2n) is 5.36. The Hall–Kier alpha value is -1.72. The Labute approximate surface area is 154 Å². The molecule has 0 unspecified atom stereocenters. The molecule has 0 aliphatic rings. The van der Waals surface area contributed by atoms with Crippen LogP contribution in [0.4, 0.5) is 0 Å². The highest BCUT2D eigenvalue weighted by molar-refractivity contribution is 9.10. The van der Waals surface area contributed by atoms with Gasteiger partial charge in [-0.1, -0.05) is 34.1 Å². The van der Waals surface area contributed by atoms with E-state index in [4.69, 9.17) is 4.74 Å². The van der Waals surface area contributed by atoms with E-state index in [1.165, 1.54) is 4.90 Å². The van der Waals surface area contributed by atoms with Crippen molar-refractivity contribution in [2.75, 3.05) is 6.61 Å². The molecule has 1 aromatic heterocycles. The van der Waals surface area contributed by atoms with Crippen molar-refractivity contribution in [2.45, 2.75) is 17.6 Å². The highest BCUT2D eigenvalue weighted by atomic mass is 79.9. The molecule has 0 aliphatic carbocycles. The molecular formula is C19H18BrNO2S. The summed E-state index contributed by atoms with van der Waals surface area (Å²) < 4.78 is 8.34. The van der Waals surface area contributed by atoms with Gasteiger partial charge in [0.1, 0.15) is 0 Å². The van der Waals surface area contributed by atoms with Crippen LogP contribution in [0.2, 0.25) is 0 Å². The Balaban J connectivity index is 2.06. The van der Waals surface area contributed by atoms with E-state index in [-0.39, 0.29) is 5.97 Å². The molecule has 0 N–H and O–H groups in total. The Morgan fingerprint density at radius 2 is 1.96 bits per heavy atom. The van der Waals surface area contributed by atoms with Gasteiger partial charge in [-0.25, -0.2) is 4.79 Å². The maximum atomic E-state index is 12.6. The van der Waals surface area contributed by atoms with Crippen LogP contribution in [-0.2, 0) is 17.5 Å². The molecule has 0 radical (unpaired) electrons. The van der Waals surface area contributed by atoms with Gasteiger partial charge in [-0.15, -0.1) is 11.8 Å². The van der Waals surface area contributed by atoms with Gasteiger partial charge < -0.3 is 9.30 Å². The lowest BCUT2D eigenvalue weighted by molar-refractivity contribution is 0.0527. The van der Waals surface area contributed by atoms with E-state index in [1.807, 2.05) is 50.4 Å². The van der Waals surface area contributed by atoms with Crippen molar-refractivity contribution in [3.8, 4) is 0 Å². The fraction of sp³-hybridized carbons (Fsp3) is 0.211. The lowest BCUT2D eigenvalue weighted by Gasteiger charge is -2.08. The topological polar surface area (TPSA) is 31.2 Å². The summed E-state index contributed by atoms with van der Waals surface area (Å²) in [6.45, 7) is 2.20. The van der Waals surface area contributed by atoms with Gasteiger partial charge in [0.2, 0.25) is 0 Å². The van der Waals surface area contributed by atoms with Gasteiger partial charge in [-0.2, -0.15) is 0 Å². The van der Waals surface area contributed by atoms with Crippen molar-refractivity contribution in [1.29, 1.82) is 0 Å². The molecule has 5 heteroatoms. The number of nitrogens with zero attached hydrogens (tertiary/aromatic N) is 1. The molecule has 1 heterocycles. The first-order valence-corrected chi connectivity index (χ1v) is 9.51. The van der Waals surface area contributed by atoms with Gasteiger partial charge in [0.15, 0.2) is 0 Å². The number of aryl methyl sites for hydroxylation is 1. The molecule has 0 amide bonds. The van der Waals surface area contributed by atoms with E-state index >= 15 is 0 Å². The summed E-state index contributed by atoms with van der Waals surface area (Å²) in [6.07, 6.45) is 0. The number of aromatic nitrogens is 1. The minimum absolute atomic E-state index is 0.259. The number of fused-ring (bicyclic) bond motifs is 1. The third-order valence-electron chi connectivity index (χ3n) is 3.88. The first-order chi connectivity index (χ1) is 11.6. The van der Waals surface area contributed by atoms with Crippen molar-refractivity contribution >= 4 is 44.6 Å². The molecule has 3 aromatic rings. The van der Waals surface area contributed by atoms with Crippen molar-refractivity contribution < 1.29 is 9.53 Å². The molecule has 2 aromatic carbocycles. The zero-order chi connectivity index (χ0) is 17.1. The highest BCUT2D eigenvalue weighted by Gasteiger charge is 2.22. The van der Waals surface area contributed by atoms with Crippen LogP contribution in [0.25, 0.3) is 10.9 Å². The normalized spacial score (nSPS) is 11.0. The summed E-state index contributed by atoms with van der Waals surface area (Å²) >= 11 is 5.21. The second kappa shape index (κ2) is 7.45. The summed E-state index contributed by atoms with van der Waals surface area (Å²) in [5.41, 5.74) is 2.68. The third-order valence-corrected chi connectivity index (χ3v) is 5.40. The Kier molecular flexibility index (Phi) is 5.31. The molecule has 0 bridgehead atoms. The second-order valence-corrected chi connectivity index (χ2v) is 7.33. The molecule has 0 fully saturated rings. The molecule has 0 saturated heterocycles. The molecule has 0 saturated carbocycles. The van der Waals surface area contributed by atoms with Crippen molar-refractivity contribution in [2.24, 2.45) is 7.05 Å². The van der Waals surface area contributed by atoms with Crippen LogP contribution < -0.4 is 0 Å². The summed E-state index contributed by atoms with van der Waals surface area (Å²) in [5, 5.41) is 0.925. The lowest BCUT2D eigenvalue weighted by Crippen LogP contribution is -2.08. The number of hydrogen-bond acceptors (Lipinski definition) is 3. The number of halogens is 1. The van der Waals surface area contributed by atoms with Gasteiger partial charge in [0.25, 0.3) is 0 Å². The predicted molar refractivity (Wildman–Crippen MR) is 103 cm³/mol. The van der Waals surface area contributed by atoms with Gasteiger partial charge in [-0.05, 0) is 37.3 Å². The van der Waals surface area contributed by atoms with E-state index in [1.54, 1.807) is 11.8 Å². The van der Waals surface area contributed by atoms with Crippen LogP contribution in [0.1, 0.15) is 23.0 Å². The number of benzene rings is 2. The number of thioether (sulfide) groups is 1. The fourth-order valence-electron chi connectivity index (χ4n) is 2.74. The quantitative estimate of drug-likeness (QED) is 0.421. The largest absolute Gasteiger partial charge is 0.462 e. The van der Waals surface area contributed by atoms with Crippen LogP contribution in [-0.4, -0.2) is 17.1 Å². The average Bonchev–Trinajstić information content (AvgIpc) is 2.85. The summed E-state index contributed by atoms with van der Waals surface area (Å²) in [6, 6.07) is 16.2. The number of hydrogen-bond donors (Lipinski definition) is 0. The maximum absolute atomic E-state index is 12.6. The molecule has 3 nitrogen and oxygen atoms in total.